The van der Waals surface area contributed by atoms with Crippen LogP contribution in [0, 0.1) is 5.82 Å². The number of nitrogens with one attached hydrogen (secondary N) is 1. The Morgan fingerprint density at radius 3 is 2.62 bits per heavy atom. The number of halogens is 3. The summed E-state index contributed by atoms with van der Waals surface area (Å²) >= 11 is 5.17. The summed E-state index contributed by atoms with van der Waals surface area (Å²) in [5.41, 5.74) is 2.94. The molecule has 0 fully saturated rings. The largest absolute Gasteiger partial charge is 0.489 e. The molecule has 0 aliphatic carbocycles. The molecule has 6 nitrogen and oxygen atoms in total. The van der Waals surface area contributed by atoms with Gasteiger partial charge in [-0.05, 0) is 71.4 Å². The third kappa shape index (κ3) is 7.53. The molecule has 34 heavy (non-hydrogen) atoms. The van der Waals surface area contributed by atoms with E-state index < -0.39 is 0 Å². The molecule has 3 aromatic carbocycles. The second-order valence-corrected chi connectivity index (χ2v) is 9.23. The highest BCUT2D eigenvalue weighted by Crippen LogP contribution is 2.24. The number of thioether (sulfide) groups is 1. The summed E-state index contributed by atoms with van der Waals surface area (Å²) in [7, 11) is 0. The predicted octanol–water partition coefficient (Wildman–Crippen LogP) is 5.84. The number of benzene rings is 3. The molecular formula is C24H24BrClFN5OS. The van der Waals surface area contributed by atoms with Gasteiger partial charge in [0.25, 0.3) is 0 Å². The van der Waals surface area contributed by atoms with Gasteiger partial charge in [-0.3, -0.25) is 0 Å². The highest BCUT2D eigenvalue weighted by atomic mass is 79.9. The van der Waals surface area contributed by atoms with Crippen LogP contribution in [0.3, 0.4) is 0 Å². The van der Waals surface area contributed by atoms with Crippen molar-refractivity contribution in [1.82, 2.24) is 25.5 Å². The quantitative estimate of drug-likeness (QED) is 0.182. The molecule has 0 spiro atoms. The Kier molecular flexibility index (Phi) is 10.3. The molecule has 10 heteroatoms. The average molecular weight is 565 g/mol. The molecule has 4 aromatic rings. The number of nitrogens with zero attached hydrogens (tertiary/aromatic N) is 4. The molecule has 1 heterocycles. The molecule has 0 bridgehead atoms. The second-order valence-electron chi connectivity index (χ2n) is 7.25. The van der Waals surface area contributed by atoms with Gasteiger partial charge in [-0.15, -0.1) is 17.5 Å². The van der Waals surface area contributed by atoms with E-state index in [2.05, 4.69) is 42.8 Å². The summed E-state index contributed by atoms with van der Waals surface area (Å²) in [5, 5.41) is 16.3. The van der Waals surface area contributed by atoms with Gasteiger partial charge in [0.05, 0.1) is 5.69 Å². The van der Waals surface area contributed by atoms with E-state index in [1.807, 2.05) is 42.5 Å². The Bertz CT molecular complexity index is 1160. The summed E-state index contributed by atoms with van der Waals surface area (Å²) in [5.74, 6) is 1.46. The number of hydrogen-bond acceptors (Lipinski definition) is 6. The second kappa shape index (κ2) is 13.4. The van der Waals surface area contributed by atoms with Gasteiger partial charge in [0, 0.05) is 22.3 Å². The summed E-state index contributed by atoms with van der Waals surface area (Å²) < 4.78 is 21.8. The molecule has 0 amide bonds. The van der Waals surface area contributed by atoms with Crippen LogP contribution in [0.4, 0.5) is 4.39 Å². The molecule has 1 N–H and O–H groups in total. The topological polar surface area (TPSA) is 64.9 Å². The van der Waals surface area contributed by atoms with Crippen LogP contribution in [-0.2, 0) is 13.2 Å². The van der Waals surface area contributed by atoms with Crippen molar-refractivity contribution in [2.75, 3.05) is 12.3 Å². The molecule has 1 aromatic heterocycles. The van der Waals surface area contributed by atoms with Gasteiger partial charge >= 0.3 is 0 Å². The first-order chi connectivity index (χ1) is 16.2. The monoisotopic (exact) mass is 563 g/mol. The molecule has 178 valence electrons. The van der Waals surface area contributed by atoms with Crippen molar-refractivity contribution in [3.63, 3.8) is 0 Å². The number of tetrazole rings is 1. The van der Waals surface area contributed by atoms with Crippen LogP contribution in [0.25, 0.3) is 5.69 Å². The first-order valence-corrected chi connectivity index (χ1v) is 12.3. The van der Waals surface area contributed by atoms with Crippen molar-refractivity contribution in [2.45, 2.75) is 24.7 Å². The van der Waals surface area contributed by atoms with Crippen LogP contribution in [0.5, 0.6) is 5.75 Å². The molecule has 0 unspecified atom stereocenters. The van der Waals surface area contributed by atoms with Crippen LogP contribution >= 0.6 is 40.1 Å². The fourth-order valence-electron chi connectivity index (χ4n) is 3.15. The van der Waals surface area contributed by atoms with Gasteiger partial charge in [-0.25, -0.2) is 4.39 Å². The number of aromatic nitrogens is 4. The van der Waals surface area contributed by atoms with Crippen LogP contribution in [-0.4, -0.2) is 32.5 Å². The normalized spacial score (nSPS) is 10.6. The molecule has 4 rings (SSSR count). The maximum atomic E-state index is 13.1. The van der Waals surface area contributed by atoms with E-state index in [1.165, 1.54) is 12.1 Å². The Morgan fingerprint density at radius 2 is 1.82 bits per heavy atom. The standard InChI is InChI=1S/C24H23BrFN5OS.ClH/c25-20-9-12-23(32-17-18-7-10-21(26)11-8-18)19(15-20)16-27-13-4-14-33-24-28-29-30-31(24)22-5-2-1-3-6-22;/h1-3,5-12,15,27H,4,13-14,16-17H2;1H. The van der Waals surface area contributed by atoms with Crippen LogP contribution in [0.2, 0.25) is 0 Å². The summed E-state index contributed by atoms with van der Waals surface area (Å²) in [4.78, 5) is 0. The number of rotatable bonds is 11. The Labute approximate surface area is 216 Å². The molecule has 0 atom stereocenters. The zero-order valence-corrected chi connectivity index (χ0v) is 21.5. The number of ether oxygens (including phenoxy) is 1. The van der Waals surface area contributed by atoms with Crippen LogP contribution in [0.1, 0.15) is 17.5 Å². The molecule has 0 radical (unpaired) electrons. The van der Waals surface area contributed by atoms with Crippen molar-refractivity contribution in [3.05, 3.63) is 94.2 Å². The minimum atomic E-state index is -0.248. The molecule has 0 saturated carbocycles. The fourth-order valence-corrected chi connectivity index (χ4v) is 4.39. The van der Waals surface area contributed by atoms with E-state index in [9.17, 15) is 4.39 Å². The van der Waals surface area contributed by atoms with E-state index in [0.717, 1.165) is 50.9 Å². The van der Waals surface area contributed by atoms with Gasteiger partial charge in [0.2, 0.25) is 5.16 Å². The van der Waals surface area contributed by atoms with Crippen molar-refractivity contribution in [3.8, 4) is 11.4 Å². The third-order valence-electron chi connectivity index (χ3n) is 4.82. The zero-order chi connectivity index (χ0) is 22.9. The smallest absolute Gasteiger partial charge is 0.214 e. The van der Waals surface area contributed by atoms with Crippen molar-refractivity contribution in [2.24, 2.45) is 0 Å². The van der Waals surface area contributed by atoms with Crippen molar-refractivity contribution >= 4 is 40.1 Å². The van der Waals surface area contributed by atoms with E-state index in [4.69, 9.17) is 4.74 Å². The molecular weight excluding hydrogens is 541 g/mol. The van der Waals surface area contributed by atoms with Gasteiger partial charge in [-0.2, -0.15) is 4.68 Å². The SMILES string of the molecule is Cl.Fc1ccc(COc2ccc(Br)cc2CNCCCSc2nnnn2-c2ccccc2)cc1. The van der Waals surface area contributed by atoms with Crippen LogP contribution < -0.4 is 10.1 Å². The summed E-state index contributed by atoms with van der Waals surface area (Å²) in [6.45, 7) is 1.93. The van der Waals surface area contributed by atoms with Gasteiger partial charge in [-0.1, -0.05) is 58.0 Å². The lowest BCUT2D eigenvalue weighted by molar-refractivity contribution is 0.302. The van der Waals surface area contributed by atoms with E-state index >= 15 is 0 Å². The summed E-state index contributed by atoms with van der Waals surface area (Å²) in [6, 6.07) is 22.2. The molecule has 0 saturated heterocycles. The first kappa shape index (κ1) is 26.2. The average Bonchev–Trinajstić information content (AvgIpc) is 3.31. The third-order valence-corrected chi connectivity index (χ3v) is 6.32. The lowest BCUT2D eigenvalue weighted by Crippen LogP contribution is -2.16. The van der Waals surface area contributed by atoms with Crippen molar-refractivity contribution in [1.29, 1.82) is 0 Å². The fraction of sp³-hybridized carbons (Fsp3) is 0.208. The summed E-state index contributed by atoms with van der Waals surface area (Å²) in [6.07, 6.45) is 0.964. The zero-order valence-electron chi connectivity index (χ0n) is 18.2. The minimum Gasteiger partial charge on any atom is -0.489 e. The maximum Gasteiger partial charge on any atom is 0.214 e. The van der Waals surface area contributed by atoms with Crippen molar-refractivity contribution < 1.29 is 9.13 Å². The Hall–Kier alpha value is -2.46. The lowest BCUT2D eigenvalue weighted by atomic mass is 10.2. The maximum absolute atomic E-state index is 13.1. The number of hydrogen-bond donors (Lipinski definition) is 1. The lowest BCUT2D eigenvalue weighted by Gasteiger charge is -2.13. The predicted molar refractivity (Wildman–Crippen MR) is 138 cm³/mol. The van der Waals surface area contributed by atoms with Gasteiger partial charge < -0.3 is 10.1 Å². The van der Waals surface area contributed by atoms with E-state index in [-0.39, 0.29) is 18.2 Å². The van der Waals surface area contributed by atoms with E-state index in [1.54, 1.807) is 28.6 Å². The number of para-hydroxylation sites is 1. The Balaban J connectivity index is 0.00000324. The highest BCUT2D eigenvalue weighted by molar-refractivity contribution is 9.10. The van der Waals surface area contributed by atoms with Gasteiger partial charge in [0.15, 0.2) is 0 Å². The first-order valence-electron chi connectivity index (χ1n) is 10.5. The van der Waals surface area contributed by atoms with E-state index in [0.29, 0.717) is 13.2 Å². The molecule has 0 aliphatic heterocycles. The Morgan fingerprint density at radius 1 is 1.03 bits per heavy atom. The highest BCUT2D eigenvalue weighted by Gasteiger charge is 2.09. The van der Waals surface area contributed by atoms with Gasteiger partial charge in [0.1, 0.15) is 18.2 Å². The molecule has 0 aliphatic rings. The minimum absolute atomic E-state index is 0. The van der Waals surface area contributed by atoms with Crippen LogP contribution in [0.15, 0.2) is 82.4 Å².